The van der Waals surface area contributed by atoms with Crippen molar-refractivity contribution in [1.82, 2.24) is 25.4 Å². The molecule has 0 saturated carbocycles. The first-order chi connectivity index (χ1) is 16.7. The number of aromatic nitrogens is 5. The predicted octanol–water partition coefficient (Wildman–Crippen LogP) is 3.16. The van der Waals surface area contributed by atoms with Gasteiger partial charge in [0.25, 0.3) is 5.91 Å². The molecule has 0 spiro atoms. The summed E-state index contributed by atoms with van der Waals surface area (Å²) in [6, 6.07) is 17.2. The first-order valence-electron chi connectivity index (χ1n) is 11.3. The monoisotopic (exact) mass is 458 g/mol. The van der Waals surface area contributed by atoms with E-state index < -0.39 is 6.10 Å². The van der Waals surface area contributed by atoms with Crippen LogP contribution in [0.4, 0.5) is 17.5 Å². The molecule has 174 valence electrons. The van der Waals surface area contributed by atoms with Gasteiger partial charge >= 0.3 is 0 Å². The molecule has 4 aromatic rings. The Bertz CT molecular complexity index is 1240. The van der Waals surface area contributed by atoms with Gasteiger partial charge in [0.05, 0.1) is 0 Å². The highest BCUT2D eigenvalue weighted by Gasteiger charge is 2.25. The zero-order valence-corrected chi connectivity index (χ0v) is 18.8. The van der Waals surface area contributed by atoms with Crippen molar-refractivity contribution >= 4 is 34.4 Å². The highest BCUT2D eigenvalue weighted by Crippen LogP contribution is 2.23. The first kappa shape index (κ1) is 21.8. The number of ether oxygens (including phenoxy) is 1. The maximum Gasteiger partial charge on any atom is 0.259 e. The average Bonchev–Trinajstić information content (AvgIpc) is 3.53. The molecule has 1 amide bonds. The van der Waals surface area contributed by atoms with Gasteiger partial charge in [-0.25, -0.2) is 0 Å². The molecule has 34 heavy (non-hydrogen) atoms. The standard InChI is InChI=1S/C24H26N8O2/c1-2-34-22(16-6-4-3-5-7-16)24(33)27-20-9-8-19(28-29-20)26-18-11-13-32(15-18)21-14-17-10-12-25-23(17)31-30-21/h3-10,12,14,18,22H,2,11,13,15H2,1H3,(H,25,31)(H,26,28)(H,27,29,33)/t18-,22-/m1/s1. The fourth-order valence-electron chi connectivity index (χ4n) is 4.08. The number of hydrogen-bond acceptors (Lipinski definition) is 8. The lowest BCUT2D eigenvalue weighted by molar-refractivity contribution is -0.127. The number of rotatable bonds is 8. The topological polar surface area (TPSA) is 121 Å². The van der Waals surface area contributed by atoms with E-state index in [1.54, 1.807) is 6.07 Å². The van der Waals surface area contributed by atoms with E-state index in [0.717, 1.165) is 41.9 Å². The van der Waals surface area contributed by atoms with E-state index >= 15 is 0 Å². The van der Waals surface area contributed by atoms with Crippen molar-refractivity contribution < 1.29 is 9.53 Å². The SMILES string of the molecule is CCO[C@@H](C(=O)Nc1ccc(N[C@@H]2CCN(c3cc4cc[nH]c4nn3)C2)nn1)c1ccccc1. The van der Waals surface area contributed by atoms with E-state index in [1.807, 2.05) is 61.7 Å². The fraction of sp³-hybridized carbons (Fsp3) is 0.292. The quantitative estimate of drug-likeness (QED) is 0.368. The normalized spacial score (nSPS) is 16.5. The van der Waals surface area contributed by atoms with Crippen LogP contribution in [0.25, 0.3) is 11.0 Å². The van der Waals surface area contributed by atoms with Crippen LogP contribution in [0.1, 0.15) is 25.0 Å². The number of amides is 1. The molecular weight excluding hydrogens is 432 g/mol. The molecule has 1 fully saturated rings. The predicted molar refractivity (Wildman–Crippen MR) is 130 cm³/mol. The van der Waals surface area contributed by atoms with E-state index in [9.17, 15) is 4.79 Å². The number of carbonyl (C=O) groups excluding carboxylic acids is 1. The number of nitrogens with one attached hydrogen (secondary N) is 3. The molecule has 1 aromatic carbocycles. The molecule has 3 aromatic heterocycles. The summed E-state index contributed by atoms with van der Waals surface area (Å²) in [6.07, 6.45) is 2.10. The molecule has 4 heterocycles. The number of nitrogens with zero attached hydrogens (tertiary/aromatic N) is 5. The third-order valence-corrected chi connectivity index (χ3v) is 5.75. The van der Waals surface area contributed by atoms with Gasteiger partial charge in [-0.05, 0) is 43.2 Å². The van der Waals surface area contributed by atoms with E-state index in [0.29, 0.717) is 18.2 Å². The molecular formula is C24H26N8O2. The maximum atomic E-state index is 12.8. The second-order valence-corrected chi connectivity index (χ2v) is 8.10. The molecule has 1 aliphatic heterocycles. The average molecular weight is 459 g/mol. The Hall–Kier alpha value is -4.05. The molecule has 10 heteroatoms. The van der Waals surface area contributed by atoms with Crippen molar-refractivity contribution in [2.45, 2.75) is 25.5 Å². The smallest absolute Gasteiger partial charge is 0.259 e. The van der Waals surface area contributed by atoms with Crippen LogP contribution in [0.2, 0.25) is 0 Å². The molecule has 0 unspecified atom stereocenters. The number of fused-ring (bicyclic) bond motifs is 1. The maximum absolute atomic E-state index is 12.8. The molecule has 2 atom stereocenters. The van der Waals surface area contributed by atoms with E-state index in [-0.39, 0.29) is 11.9 Å². The number of anilines is 3. The lowest BCUT2D eigenvalue weighted by Gasteiger charge is -2.18. The van der Waals surface area contributed by atoms with Gasteiger partial charge in [-0.2, -0.15) is 0 Å². The van der Waals surface area contributed by atoms with E-state index in [4.69, 9.17) is 4.74 Å². The van der Waals surface area contributed by atoms with Crippen LogP contribution in [-0.4, -0.2) is 57.0 Å². The Morgan fingerprint density at radius 3 is 2.74 bits per heavy atom. The van der Waals surface area contributed by atoms with E-state index in [2.05, 4.69) is 40.9 Å². The van der Waals surface area contributed by atoms with Crippen molar-refractivity contribution in [2.75, 3.05) is 35.2 Å². The van der Waals surface area contributed by atoms with Crippen LogP contribution in [-0.2, 0) is 9.53 Å². The van der Waals surface area contributed by atoms with Crippen LogP contribution in [0.15, 0.2) is 60.8 Å². The zero-order valence-electron chi connectivity index (χ0n) is 18.8. The molecule has 3 N–H and O–H groups in total. The van der Waals surface area contributed by atoms with Gasteiger partial charge in [0, 0.05) is 37.3 Å². The molecule has 5 rings (SSSR count). The van der Waals surface area contributed by atoms with Crippen molar-refractivity contribution in [3.63, 3.8) is 0 Å². The van der Waals surface area contributed by atoms with Gasteiger partial charge in [-0.15, -0.1) is 20.4 Å². The summed E-state index contributed by atoms with van der Waals surface area (Å²) < 4.78 is 5.65. The molecule has 0 aliphatic carbocycles. The fourth-order valence-corrected chi connectivity index (χ4v) is 4.08. The summed E-state index contributed by atoms with van der Waals surface area (Å²) in [6.45, 7) is 3.95. The number of carbonyl (C=O) groups is 1. The number of benzene rings is 1. The Kier molecular flexibility index (Phi) is 6.30. The Morgan fingerprint density at radius 1 is 1.12 bits per heavy atom. The number of aromatic amines is 1. The van der Waals surface area contributed by atoms with Gasteiger partial charge < -0.3 is 25.3 Å². The Morgan fingerprint density at radius 2 is 1.94 bits per heavy atom. The van der Waals surface area contributed by atoms with Gasteiger partial charge in [-0.1, -0.05) is 30.3 Å². The van der Waals surface area contributed by atoms with Crippen LogP contribution in [0, 0.1) is 0 Å². The second-order valence-electron chi connectivity index (χ2n) is 8.10. The van der Waals surface area contributed by atoms with Crippen molar-refractivity contribution in [2.24, 2.45) is 0 Å². The molecule has 0 radical (unpaired) electrons. The summed E-state index contributed by atoms with van der Waals surface area (Å²) in [4.78, 5) is 18.0. The number of hydrogen-bond donors (Lipinski definition) is 3. The minimum atomic E-state index is -0.705. The molecule has 1 aliphatic rings. The van der Waals surface area contributed by atoms with Crippen LogP contribution in [0.3, 0.4) is 0 Å². The summed E-state index contributed by atoms with van der Waals surface area (Å²) in [5.74, 6) is 1.61. The highest BCUT2D eigenvalue weighted by atomic mass is 16.5. The summed E-state index contributed by atoms with van der Waals surface area (Å²) in [5.41, 5.74) is 1.58. The Balaban J connectivity index is 1.18. The van der Waals surface area contributed by atoms with Crippen molar-refractivity contribution in [1.29, 1.82) is 0 Å². The van der Waals surface area contributed by atoms with Crippen LogP contribution in [0.5, 0.6) is 0 Å². The minimum absolute atomic E-state index is 0.207. The van der Waals surface area contributed by atoms with Crippen LogP contribution >= 0.6 is 0 Å². The largest absolute Gasteiger partial charge is 0.364 e. The lowest BCUT2D eigenvalue weighted by Crippen LogP contribution is -2.27. The lowest BCUT2D eigenvalue weighted by atomic mass is 10.1. The zero-order chi connectivity index (χ0) is 23.3. The third kappa shape index (κ3) is 4.81. The van der Waals surface area contributed by atoms with Crippen molar-refractivity contribution in [3.8, 4) is 0 Å². The third-order valence-electron chi connectivity index (χ3n) is 5.75. The summed E-state index contributed by atoms with van der Waals surface area (Å²) >= 11 is 0. The highest BCUT2D eigenvalue weighted by molar-refractivity contribution is 5.94. The minimum Gasteiger partial charge on any atom is -0.364 e. The van der Waals surface area contributed by atoms with Gasteiger partial charge in [0.15, 0.2) is 23.4 Å². The van der Waals surface area contributed by atoms with Crippen LogP contribution < -0.4 is 15.5 Å². The molecule has 1 saturated heterocycles. The number of H-pyrrole nitrogens is 1. The first-order valence-corrected chi connectivity index (χ1v) is 11.3. The summed E-state index contributed by atoms with van der Waals surface area (Å²) in [7, 11) is 0. The van der Waals surface area contributed by atoms with Gasteiger partial charge in [0.1, 0.15) is 5.82 Å². The Labute approximate surface area is 196 Å². The van der Waals surface area contributed by atoms with Crippen molar-refractivity contribution in [3.05, 3.63) is 66.4 Å². The van der Waals surface area contributed by atoms with Gasteiger partial charge in [-0.3, -0.25) is 4.79 Å². The van der Waals surface area contributed by atoms with E-state index in [1.165, 1.54) is 0 Å². The summed E-state index contributed by atoms with van der Waals surface area (Å²) in [5, 5.41) is 24.2. The second kappa shape index (κ2) is 9.84. The molecule has 10 nitrogen and oxygen atoms in total. The molecule has 0 bridgehead atoms. The van der Waals surface area contributed by atoms with Gasteiger partial charge in [0.2, 0.25) is 0 Å².